The SMILES string of the molecule is CNC1CNC1(C)C. The Morgan fingerprint density at radius 2 is 2.25 bits per heavy atom. The summed E-state index contributed by atoms with van der Waals surface area (Å²) in [5.74, 6) is 0. The lowest BCUT2D eigenvalue weighted by atomic mass is 9.87. The van der Waals surface area contributed by atoms with Crippen molar-refractivity contribution < 1.29 is 0 Å². The lowest BCUT2D eigenvalue weighted by molar-refractivity contribution is 0.181. The largest absolute Gasteiger partial charge is 0.314 e. The van der Waals surface area contributed by atoms with Gasteiger partial charge >= 0.3 is 0 Å². The average Bonchev–Trinajstić information content (AvgIpc) is 1.66. The molecule has 0 aromatic carbocycles. The van der Waals surface area contributed by atoms with E-state index in [1.54, 1.807) is 0 Å². The molecule has 1 aliphatic heterocycles. The first kappa shape index (κ1) is 6.05. The lowest BCUT2D eigenvalue weighted by Crippen LogP contribution is -2.69. The quantitative estimate of drug-likeness (QED) is 0.499. The third-order valence-corrected chi connectivity index (χ3v) is 1.98. The van der Waals surface area contributed by atoms with Crippen LogP contribution in [0.5, 0.6) is 0 Å². The van der Waals surface area contributed by atoms with Crippen molar-refractivity contribution in [2.24, 2.45) is 0 Å². The molecule has 1 saturated heterocycles. The molecule has 0 radical (unpaired) electrons. The maximum atomic E-state index is 3.32. The van der Waals surface area contributed by atoms with E-state index < -0.39 is 0 Å². The van der Waals surface area contributed by atoms with E-state index in [1.165, 1.54) is 0 Å². The Hall–Kier alpha value is -0.0800. The number of hydrogen-bond acceptors (Lipinski definition) is 2. The highest BCUT2D eigenvalue weighted by atomic mass is 15.2. The molecule has 2 heteroatoms. The molecule has 0 aromatic heterocycles. The van der Waals surface area contributed by atoms with Crippen molar-refractivity contribution in [2.75, 3.05) is 13.6 Å². The monoisotopic (exact) mass is 114 g/mol. The molecule has 0 aliphatic carbocycles. The summed E-state index contributed by atoms with van der Waals surface area (Å²) in [7, 11) is 2.01. The first-order chi connectivity index (χ1) is 3.67. The summed E-state index contributed by atoms with van der Waals surface area (Å²) < 4.78 is 0. The Bertz CT molecular complexity index is 86.5. The fourth-order valence-electron chi connectivity index (χ4n) is 1.08. The fourth-order valence-corrected chi connectivity index (χ4v) is 1.08. The minimum atomic E-state index is 0.328. The second-order valence-corrected chi connectivity index (χ2v) is 2.94. The van der Waals surface area contributed by atoms with Gasteiger partial charge in [-0.05, 0) is 20.9 Å². The average molecular weight is 114 g/mol. The molecule has 8 heavy (non-hydrogen) atoms. The second kappa shape index (κ2) is 1.71. The van der Waals surface area contributed by atoms with E-state index in [2.05, 4.69) is 24.5 Å². The van der Waals surface area contributed by atoms with E-state index in [1.807, 2.05) is 7.05 Å². The molecule has 1 aliphatic rings. The van der Waals surface area contributed by atoms with Gasteiger partial charge < -0.3 is 10.6 Å². The van der Waals surface area contributed by atoms with Crippen LogP contribution in [0.2, 0.25) is 0 Å². The highest BCUT2D eigenvalue weighted by Gasteiger charge is 2.36. The third kappa shape index (κ3) is 0.740. The Morgan fingerprint density at radius 3 is 2.25 bits per heavy atom. The van der Waals surface area contributed by atoms with Gasteiger partial charge in [-0.25, -0.2) is 0 Å². The van der Waals surface area contributed by atoms with E-state index in [9.17, 15) is 0 Å². The third-order valence-electron chi connectivity index (χ3n) is 1.98. The van der Waals surface area contributed by atoms with Crippen LogP contribution in [0.4, 0.5) is 0 Å². The number of likely N-dealkylation sites (N-methyl/N-ethyl adjacent to an activating group) is 1. The van der Waals surface area contributed by atoms with E-state index in [4.69, 9.17) is 0 Å². The molecule has 1 heterocycles. The molecule has 48 valence electrons. The topological polar surface area (TPSA) is 24.1 Å². The molecule has 1 rings (SSSR count). The molecule has 1 unspecified atom stereocenters. The van der Waals surface area contributed by atoms with Crippen LogP contribution in [0.25, 0.3) is 0 Å². The standard InChI is InChI=1S/C6H14N2/c1-6(2)5(7-3)4-8-6/h5,7-8H,4H2,1-3H3. The van der Waals surface area contributed by atoms with Gasteiger partial charge in [-0.1, -0.05) is 0 Å². The summed E-state index contributed by atoms with van der Waals surface area (Å²) >= 11 is 0. The molecular formula is C6H14N2. The molecule has 0 aromatic rings. The zero-order valence-electron chi connectivity index (χ0n) is 5.78. The van der Waals surface area contributed by atoms with Crippen LogP contribution in [0, 0.1) is 0 Å². The molecule has 0 spiro atoms. The van der Waals surface area contributed by atoms with E-state index in [0.29, 0.717) is 11.6 Å². The Labute approximate surface area is 50.7 Å². The van der Waals surface area contributed by atoms with Gasteiger partial charge in [-0.15, -0.1) is 0 Å². The van der Waals surface area contributed by atoms with Gasteiger partial charge in [0.1, 0.15) is 0 Å². The van der Waals surface area contributed by atoms with Crippen molar-refractivity contribution in [1.82, 2.24) is 10.6 Å². The summed E-state index contributed by atoms with van der Waals surface area (Å²) in [5, 5.41) is 6.55. The normalized spacial score (nSPS) is 34.1. The number of rotatable bonds is 1. The zero-order valence-corrected chi connectivity index (χ0v) is 5.78. The summed E-state index contributed by atoms with van der Waals surface area (Å²) in [5.41, 5.74) is 0.328. The Balaban J connectivity index is 2.37. The van der Waals surface area contributed by atoms with Gasteiger partial charge in [-0.3, -0.25) is 0 Å². The predicted octanol–water partition coefficient (Wildman–Crippen LogP) is -0.0438. The van der Waals surface area contributed by atoms with Gasteiger partial charge in [-0.2, -0.15) is 0 Å². The summed E-state index contributed by atoms with van der Waals surface area (Å²) in [4.78, 5) is 0. The maximum Gasteiger partial charge on any atom is 0.0368 e. The highest BCUT2D eigenvalue weighted by Crippen LogP contribution is 2.16. The number of nitrogens with one attached hydrogen (secondary N) is 2. The number of hydrogen-bond donors (Lipinski definition) is 2. The van der Waals surface area contributed by atoms with Crippen molar-refractivity contribution in [1.29, 1.82) is 0 Å². The predicted molar refractivity (Wildman–Crippen MR) is 34.9 cm³/mol. The fraction of sp³-hybridized carbons (Fsp3) is 1.00. The lowest BCUT2D eigenvalue weighted by Gasteiger charge is -2.45. The van der Waals surface area contributed by atoms with Crippen LogP contribution >= 0.6 is 0 Å². The van der Waals surface area contributed by atoms with Crippen LogP contribution < -0.4 is 10.6 Å². The molecule has 0 amide bonds. The molecule has 0 saturated carbocycles. The molecule has 2 N–H and O–H groups in total. The second-order valence-electron chi connectivity index (χ2n) is 2.94. The van der Waals surface area contributed by atoms with Gasteiger partial charge in [0.25, 0.3) is 0 Å². The van der Waals surface area contributed by atoms with E-state index in [0.717, 1.165) is 6.54 Å². The van der Waals surface area contributed by atoms with Crippen molar-refractivity contribution in [3.05, 3.63) is 0 Å². The van der Waals surface area contributed by atoms with E-state index >= 15 is 0 Å². The van der Waals surface area contributed by atoms with Crippen molar-refractivity contribution >= 4 is 0 Å². The molecule has 0 bridgehead atoms. The first-order valence-corrected chi connectivity index (χ1v) is 3.09. The summed E-state index contributed by atoms with van der Waals surface area (Å²) in [6, 6.07) is 0.669. The Morgan fingerprint density at radius 1 is 1.62 bits per heavy atom. The summed E-state index contributed by atoms with van der Waals surface area (Å²) in [6.07, 6.45) is 0. The first-order valence-electron chi connectivity index (χ1n) is 3.09. The highest BCUT2D eigenvalue weighted by molar-refractivity contribution is 5.01. The van der Waals surface area contributed by atoms with Crippen LogP contribution in [0.15, 0.2) is 0 Å². The van der Waals surface area contributed by atoms with Gasteiger partial charge in [0.2, 0.25) is 0 Å². The van der Waals surface area contributed by atoms with Crippen LogP contribution in [0.1, 0.15) is 13.8 Å². The van der Waals surface area contributed by atoms with Gasteiger partial charge in [0.05, 0.1) is 0 Å². The molecule has 1 fully saturated rings. The van der Waals surface area contributed by atoms with Crippen LogP contribution in [0.3, 0.4) is 0 Å². The maximum absolute atomic E-state index is 3.32. The van der Waals surface area contributed by atoms with E-state index in [-0.39, 0.29) is 0 Å². The smallest absolute Gasteiger partial charge is 0.0368 e. The van der Waals surface area contributed by atoms with Crippen molar-refractivity contribution in [3.8, 4) is 0 Å². The molecular weight excluding hydrogens is 100 g/mol. The Kier molecular flexibility index (Phi) is 1.29. The minimum Gasteiger partial charge on any atom is -0.314 e. The molecule has 1 atom stereocenters. The summed E-state index contributed by atoms with van der Waals surface area (Å²) in [6.45, 7) is 5.53. The van der Waals surface area contributed by atoms with Crippen LogP contribution in [-0.4, -0.2) is 25.2 Å². The van der Waals surface area contributed by atoms with Crippen molar-refractivity contribution in [3.63, 3.8) is 0 Å². The van der Waals surface area contributed by atoms with Crippen LogP contribution in [-0.2, 0) is 0 Å². The minimum absolute atomic E-state index is 0.328. The zero-order chi connectivity index (χ0) is 6.20. The van der Waals surface area contributed by atoms with Gasteiger partial charge in [0, 0.05) is 18.1 Å². The molecule has 2 nitrogen and oxygen atoms in total. The van der Waals surface area contributed by atoms with Gasteiger partial charge in [0.15, 0.2) is 0 Å². The van der Waals surface area contributed by atoms with Crippen molar-refractivity contribution in [2.45, 2.75) is 25.4 Å².